The van der Waals surface area contributed by atoms with Gasteiger partial charge in [-0.2, -0.15) is 0 Å². The minimum atomic E-state index is 0.160. The van der Waals surface area contributed by atoms with Crippen LogP contribution in [0.2, 0.25) is 0 Å². The maximum Gasteiger partial charge on any atom is 0.177 e. The molecule has 19 heavy (non-hydrogen) atoms. The quantitative estimate of drug-likeness (QED) is 0.735. The Labute approximate surface area is 119 Å². The molecule has 0 aliphatic rings. The Morgan fingerprint density at radius 3 is 2.21 bits per heavy atom. The van der Waals surface area contributed by atoms with Gasteiger partial charge in [-0.3, -0.25) is 4.79 Å². The van der Waals surface area contributed by atoms with Crippen molar-refractivity contribution in [1.82, 2.24) is 0 Å². The molecule has 2 heteroatoms. The summed E-state index contributed by atoms with van der Waals surface area (Å²) in [7, 11) is 0. The normalized spacial score (nSPS) is 11.6. The molecule has 1 nitrogen and oxygen atoms in total. The molecule has 0 aliphatic carbocycles. The number of hydrogen-bond acceptors (Lipinski definition) is 2. The molecule has 0 unspecified atom stereocenters. The van der Waals surface area contributed by atoms with Gasteiger partial charge in [-0.25, -0.2) is 0 Å². The largest absolute Gasteiger partial charge is 0.293 e. The van der Waals surface area contributed by atoms with Crippen LogP contribution in [0.3, 0.4) is 0 Å². The molecule has 0 spiro atoms. The van der Waals surface area contributed by atoms with Crippen molar-refractivity contribution in [3.8, 4) is 0 Å². The fraction of sp³-hybridized carbons (Fsp3) is 0.353. The zero-order valence-corrected chi connectivity index (χ0v) is 12.8. The van der Waals surface area contributed by atoms with E-state index in [4.69, 9.17) is 0 Å². The van der Waals surface area contributed by atoms with Gasteiger partial charge in [0, 0.05) is 6.42 Å². The summed E-state index contributed by atoms with van der Waals surface area (Å²) in [6.45, 7) is 8.58. The molecule has 0 aliphatic heterocycles. The number of aryl methyl sites for hydroxylation is 1. The standard InChI is InChI=1S/C17H20OS/c1-12-9-10-19-16(12)15(18)11-13-5-7-14(8-6-13)17(2,3)4/h5-10H,11H2,1-4H3. The highest BCUT2D eigenvalue weighted by atomic mass is 32.1. The van der Waals surface area contributed by atoms with Crippen LogP contribution in [0, 0.1) is 6.92 Å². The first-order chi connectivity index (χ1) is 8.88. The van der Waals surface area contributed by atoms with Crippen molar-refractivity contribution in [1.29, 1.82) is 0 Å². The summed E-state index contributed by atoms with van der Waals surface area (Å²) < 4.78 is 0. The van der Waals surface area contributed by atoms with E-state index < -0.39 is 0 Å². The first kappa shape index (κ1) is 14.0. The van der Waals surface area contributed by atoms with Gasteiger partial charge in [0.2, 0.25) is 0 Å². The van der Waals surface area contributed by atoms with Gasteiger partial charge in [0.15, 0.2) is 5.78 Å². The van der Waals surface area contributed by atoms with Gasteiger partial charge < -0.3 is 0 Å². The van der Waals surface area contributed by atoms with E-state index in [0.29, 0.717) is 6.42 Å². The minimum absolute atomic E-state index is 0.160. The van der Waals surface area contributed by atoms with Crippen LogP contribution in [0.1, 0.15) is 47.1 Å². The van der Waals surface area contributed by atoms with E-state index in [0.717, 1.165) is 16.0 Å². The van der Waals surface area contributed by atoms with Gasteiger partial charge in [0.25, 0.3) is 0 Å². The number of ketones is 1. The van der Waals surface area contributed by atoms with Crippen molar-refractivity contribution in [2.24, 2.45) is 0 Å². The third kappa shape index (κ3) is 3.32. The number of carbonyl (C=O) groups is 1. The maximum absolute atomic E-state index is 12.2. The Balaban J connectivity index is 2.12. The van der Waals surface area contributed by atoms with Gasteiger partial charge in [-0.1, -0.05) is 45.0 Å². The topological polar surface area (TPSA) is 17.1 Å². The smallest absolute Gasteiger partial charge is 0.177 e. The van der Waals surface area contributed by atoms with Crippen molar-refractivity contribution >= 4 is 17.1 Å². The van der Waals surface area contributed by atoms with Crippen molar-refractivity contribution < 1.29 is 4.79 Å². The second-order valence-corrected chi connectivity index (χ2v) is 6.90. The van der Waals surface area contributed by atoms with E-state index in [9.17, 15) is 4.79 Å². The SMILES string of the molecule is Cc1ccsc1C(=O)Cc1ccc(C(C)(C)C)cc1. The van der Waals surface area contributed by atoms with Gasteiger partial charge in [0.1, 0.15) is 0 Å². The lowest BCUT2D eigenvalue weighted by molar-refractivity contribution is 0.0996. The second kappa shape index (κ2) is 5.30. The monoisotopic (exact) mass is 272 g/mol. The number of benzene rings is 1. The molecule has 0 atom stereocenters. The van der Waals surface area contributed by atoms with Crippen LogP contribution in [0.15, 0.2) is 35.7 Å². The third-order valence-corrected chi connectivity index (χ3v) is 4.36. The summed E-state index contributed by atoms with van der Waals surface area (Å²) in [4.78, 5) is 13.1. The zero-order chi connectivity index (χ0) is 14.0. The highest BCUT2D eigenvalue weighted by molar-refractivity contribution is 7.12. The second-order valence-electron chi connectivity index (χ2n) is 5.98. The Hall–Kier alpha value is -1.41. The van der Waals surface area contributed by atoms with E-state index in [1.165, 1.54) is 16.9 Å². The molecule has 1 heterocycles. The molecule has 100 valence electrons. The molecule has 0 amide bonds. The van der Waals surface area contributed by atoms with E-state index >= 15 is 0 Å². The molecular weight excluding hydrogens is 252 g/mol. The molecule has 0 saturated carbocycles. The summed E-state index contributed by atoms with van der Waals surface area (Å²) in [5, 5.41) is 1.98. The van der Waals surface area contributed by atoms with Crippen LogP contribution in [0.5, 0.6) is 0 Å². The van der Waals surface area contributed by atoms with Crippen molar-refractivity contribution in [2.45, 2.75) is 39.5 Å². The zero-order valence-electron chi connectivity index (χ0n) is 12.0. The van der Waals surface area contributed by atoms with Crippen molar-refractivity contribution in [2.75, 3.05) is 0 Å². The van der Waals surface area contributed by atoms with Crippen LogP contribution < -0.4 is 0 Å². The first-order valence-corrected chi connectivity index (χ1v) is 7.42. The van der Waals surface area contributed by atoms with Crippen LogP contribution >= 0.6 is 11.3 Å². The Morgan fingerprint density at radius 2 is 1.74 bits per heavy atom. The highest BCUT2D eigenvalue weighted by Gasteiger charge is 2.14. The van der Waals surface area contributed by atoms with Crippen LogP contribution in [0.4, 0.5) is 0 Å². The summed E-state index contributed by atoms with van der Waals surface area (Å²) in [5.74, 6) is 0.219. The molecule has 2 rings (SSSR count). The lowest BCUT2D eigenvalue weighted by atomic mass is 9.86. The number of rotatable bonds is 3. The van der Waals surface area contributed by atoms with Crippen LogP contribution in [-0.2, 0) is 11.8 Å². The third-order valence-electron chi connectivity index (χ3n) is 3.30. The summed E-state index contributed by atoms with van der Waals surface area (Å²) >= 11 is 1.53. The molecular formula is C17H20OS. The van der Waals surface area contributed by atoms with E-state index in [1.54, 1.807) is 0 Å². The molecule has 2 aromatic rings. The summed E-state index contributed by atoms with van der Waals surface area (Å²) in [6.07, 6.45) is 0.492. The number of thiophene rings is 1. The number of carbonyl (C=O) groups excluding carboxylic acids is 1. The Morgan fingerprint density at radius 1 is 1.11 bits per heavy atom. The highest BCUT2D eigenvalue weighted by Crippen LogP contribution is 2.23. The summed E-state index contributed by atoms with van der Waals surface area (Å²) in [5.41, 5.74) is 3.63. The van der Waals surface area contributed by atoms with Crippen LogP contribution in [-0.4, -0.2) is 5.78 Å². The van der Waals surface area contributed by atoms with Gasteiger partial charge in [0.05, 0.1) is 4.88 Å². The van der Waals surface area contributed by atoms with Crippen LogP contribution in [0.25, 0.3) is 0 Å². The molecule has 0 radical (unpaired) electrons. The van der Waals surface area contributed by atoms with Crippen molar-refractivity contribution in [3.05, 3.63) is 57.3 Å². The van der Waals surface area contributed by atoms with Crippen molar-refractivity contribution in [3.63, 3.8) is 0 Å². The first-order valence-electron chi connectivity index (χ1n) is 6.54. The van der Waals surface area contributed by atoms with Gasteiger partial charge in [-0.05, 0) is 40.5 Å². The minimum Gasteiger partial charge on any atom is -0.293 e. The molecule has 0 bridgehead atoms. The summed E-state index contributed by atoms with van der Waals surface area (Å²) in [6, 6.07) is 10.4. The molecule has 0 saturated heterocycles. The molecule has 0 N–H and O–H groups in total. The predicted octanol–water partition coefficient (Wildman–Crippen LogP) is 4.78. The maximum atomic E-state index is 12.2. The van der Waals surface area contributed by atoms with E-state index in [1.807, 2.05) is 18.4 Å². The average Bonchev–Trinajstić information content (AvgIpc) is 2.75. The van der Waals surface area contributed by atoms with E-state index in [2.05, 4.69) is 45.0 Å². The Kier molecular flexibility index (Phi) is 3.91. The molecule has 1 aromatic heterocycles. The fourth-order valence-electron chi connectivity index (χ4n) is 2.05. The predicted molar refractivity (Wildman–Crippen MR) is 82.2 cm³/mol. The average molecular weight is 272 g/mol. The molecule has 0 fully saturated rings. The fourth-order valence-corrected chi connectivity index (χ4v) is 2.91. The molecule has 1 aromatic carbocycles. The Bertz CT molecular complexity index is 570. The van der Waals surface area contributed by atoms with Gasteiger partial charge in [-0.15, -0.1) is 11.3 Å². The van der Waals surface area contributed by atoms with E-state index in [-0.39, 0.29) is 11.2 Å². The lowest BCUT2D eigenvalue weighted by Gasteiger charge is -2.19. The number of hydrogen-bond donors (Lipinski definition) is 0. The van der Waals surface area contributed by atoms with Gasteiger partial charge >= 0.3 is 0 Å². The number of Topliss-reactive ketones (excluding diaryl/α,β-unsaturated/α-hetero) is 1. The lowest BCUT2D eigenvalue weighted by Crippen LogP contribution is -2.11.